The van der Waals surface area contributed by atoms with Crippen molar-refractivity contribution in [1.82, 2.24) is 28.9 Å². The Bertz CT molecular complexity index is 978. The third-order valence-corrected chi connectivity index (χ3v) is 5.71. The second kappa shape index (κ2) is 8.94. The number of likely N-dealkylation sites (tertiary alicyclic amines) is 1. The summed E-state index contributed by atoms with van der Waals surface area (Å²) in [5, 5.41) is 3.00. The molecule has 2 aromatic rings. The minimum Gasteiger partial charge on any atom is -0.355 e. The molecule has 160 valence electrons. The predicted octanol–water partition coefficient (Wildman–Crippen LogP) is 0.308. The van der Waals surface area contributed by atoms with Crippen molar-refractivity contribution in [2.24, 2.45) is 25.9 Å². The van der Waals surface area contributed by atoms with Gasteiger partial charge in [-0.1, -0.05) is 13.8 Å². The zero-order valence-electron chi connectivity index (χ0n) is 17.8. The van der Waals surface area contributed by atoms with Gasteiger partial charge < -0.3 is 14.8 Å². The fourth-order valence-corrected chi connectivity index (χ4v) is 4.39. The second-order valence-electron chi connectivity index (χ2n) is 8.48. The molecule has 0 aliphatic carbocycles. The van der Waals surface area contributed by atoms with E-state index in [0.29, 0.717) is 48.9 Å². The van der Waals surface area contributed by atoms with E-state index in [9.17, 15) is 14.4 Å². The van der Waals surface area contributed by atoms with Gasteiger partial charge in [-0.2, -0.15) is 0 Å². The molecule has 0 spiro atoms. The first-order valence-electron chi connectivity index (χ1n) is 10.4. The van der Waals surface area contributed by atoms with E-state index in [2.05, 4.69) is 29.0 Å². The smallest absolute Gasteiger partial charge is 0.332 e. The maximum absolute atomic E-state index is 12.4. The highest BCUT2D eigenvalue weighted by Gasteiger charge is 2.21. The van der Waals surface area contributed by atoms with Gasteiger partial charge in [-0.15, -0.1) is 0 Å². The Morgan fingerprint density at radius 1 is 1.14 bits per heavy atom. The molecule has 3 heterocycles. The Morgan fingerprint density at radius 2 is 1.83 bits per heavy atom. The molecule has 1 aliphatic rings. The first-order chi connectivity index (χ1) is 13.8. The summed E-state index contributed by atoms with van der Waals surface area (Å²) in [6, 6.07) is 0. The van der Waals surface area contributed by atoms with Crippen LogP contribution in [0.3, 0.4) is 0 Å². The summed E-state index contributed by atoms with van der Waals surface area (Å²) in [5.41, 5.74) is -0.00412. The van der Waals surface area contributed by atoms with Crippen molar-refractivity contribution in [3.8, 4) is 0 Å². The van der Waals surface area contributed by atoms with Crippen molar-refractivity contribution < 1.29 is 4.79 Å². The van der Waals surface area contributed by atoms with Crippen molar-refractivity contribution in [3.63, 3.8) is 0 Å². The molecule has 2 unspecified atom stereocenters. The number of hydrogen-bond acceptors (Lipinski definition) is 5. The molecule has 1 saturated heterocycles. The van der Waals surface area contributed by atoms with E-state index < -0.39 is 5.69 Å². The van der Waals surface area contributed by atoms with Gasteiger partial charge in [0.15, 0.2) is 11.2 Å². The van der Waals surface area contributed by atoms with Crippen LogP contribution in [-0.2, 0) is 25.4 Å². The standard InChI is InChI=1S/C20H32N6O3/c1-14-10-15(2)12-25(11-14)9-7-21-16(27)6-5-8-26-13-22-18-17(26)19(28)24(4)20(29)23(18)3/h13-15H,5-12H2,1-4H3,(H,21,27). The molecule has 2 atom stereocenters. The van der Waals surface area contributed by atoms with Crippen LogP contribution in [0.2, 0.25) is 0 Å². The molecule has 0 aromatic carbocycles. The molecule has 1 fully saturated rings. The topological polar surface area (TPSA) is 94.2 Å². The predicted molar refractivity (Wildman–Crippen MR) is 112 cm³/mol. The molecule has 1 aliphatic heterocycles. The van der Waals surface area contributed by atoms with Gasteiger partial charge in [-0.05, 0) is 24.7 Å². The van der Waals surface area contributed by atoms with E-state index >= 15 is 0 Å². The van der Waals surface area contributed by atoms with Gasteiger partial charge in [-0.25, -0.2) is 9.78 Å². The van der Waals surface area contributed by atoms with E-state index in [1.54, 1.807) is 17.9 Å². The minimum absolute atomic E-state index is 0.0211. The van der Waals surface area contributed by atoms with Gasteiger partial charge in [0.1, 0.15) is 0 Å². The number of imidazole rings is 1. The highest BCUT2D eigenvalue weighted by atomic mass is 16.2. The summed E-state index contributed by atoms with van der Waals surface area (Å²) in [5.74, 6) is 1.45. The van der Waals surface area contributed by atoms with Gasteiger partial charge in [0, 0.05) is 53.2 Å². The van der Waals surface area contributed by atoms with Gasteiger partial charge in [-0.3, -0.25) is 18.7 Å². The van der Waals surface area contributed by atoms with Crippen molar-refractivity contribution in [2.75, 3.05) is 26.2 Å². The number of nitrogens with zero attached hydrogens (tertiary/aromatic N) is 5. The summed E-state index contributed by atoms with van der Waals surface area (Å²) in [7, 11) is 3.05. The highest BCUT2D eigenvalue weighted by Crippen LogP contribution is 2.20. The molecule has 2 aromatic heterocycles. The summed E-state index contributed by atoms with van der Waals surface area (Å²) in [6.07, 6.45) is 3.82. The molecule has 0 radical (unpaired) electrons. The molecule has 9 nitrogen and oxygen atoms in total. The van der Waals surface area contributed by atoms with Crippen molar-refractivity contribution in [1.29, 1.82) is 0 Å². The molecule has 9 heteroatoms. The lowest BCUT2D eigenvalue weighted by atomic mass is 9.92. The Hall–Kier alpha value is -2.42. The summed E-state index contributed by atoms with van der Waals surface area (Å²) >= 11 is 0. The molecule has 0 saturated carbocycles. The van der Waals surface area contributed by atoms with E-state index in [4.69, 9.17) is 0 Å². The average molecular weight is 405 g/mol. The molecule has 1 N–H and O–H groups in total. The molecular formula is C20H32N6O3. The van der Waals surface area contributed by atoms with Crippen LogP contribution in [0.15, 0.2) is 15.9 Å². The van der Waals surface area contributed by atoms with E-state index in [1.807, 2.05) is 0 Å². The zero-order chi connectivity index (χ0) is 21.1. The Balaban J connectivity index is 1.48. The number of carbonyl (C=O) groups excluding carboxylic acids is 1. The number of piperidine rings is 1. The number of rotatable bonds is 7. The van der Waals surface area contributed by atoms with Crippen LogP contribution in [0.25, 0.3) is 11.2 Å². The average Bonchev–Trinajstić information content (AvgIpc) is 3.08. The van der Waals surface area contributed by atoms with Crippen molar-refractivity contribution in [2.45, 2.75) is 39.7 Å². The number of fused-ring (bicyclic) bond motifs is 1. The second-order valence-corrected chi connectivity index (χ2v) is 8.48. The molecule has 29 heavy (non-hydrogen) atoms. The zero-order valence-corrected chi connectivity index (χ0v) is 17.8. The van der Waals surface area contributed by atoms with Crippen LogP contribution >= 0.6 is 0 Å². The van der Waals surface area contributed by atoms with Crippen molar-refractivity contribution in [3.05, 3.63) is 27.2 Å². The lowest BCUT2D eigenvalue weighted by molar-refractivity contribution is -0.121. The molecule has 1 amide bonds. The summed E-state index contributed by atoms with van der Waals surface area (Å²) < 4.78 is 4.17. The first-order valence-corrected chi connectivity index (χ1v) is 10.4. The summed E-state index contributed by atoms with van der Waals surface area (Å²) in [4.78, 5) is 43.2. The maximum atomic E-state index is 12.4. The third-order valence-electron chi connectivity index (χ3n) is 5.71. The first kappa shape index (κ1) is 21.3. The van der Waals surface area contributed by atoms with Gasteiger partial charge >= 0.3 is 5.69 Å². The van der Waals surface area contributed by atoms with E-state index in [0.717, 1.165) is 24.2 Å². The maximum Gasteiger partial charge on any atom is 0.332 e. The van der Waals surface area contributed by atoms with Gasteiger partial charge in [0.05, 0.1) is 6.33 Å². The number of aromatic nitrogens is 4. The van der Waals surface area contributed by atoms with Gasteiger partial charge in [0.25, 0.3) is 5.56 Å². The van der Waals surface area contributed by atoms with Crippen LogP contribution in [0.5, 0.6) is 0 Å². The van der Waals surface area contributed by atoms with Gasteiger partial charge in [0.2, 0.25) is 5.91 Å². The highest BCUT2D eigenvalue weighted by molar-refractivity contribution is 5.75. The number of amides is 1. The number of nitrogens with one attached hydrogen (secondary N) is 1. The monoisotopic (exact) mass is 404 g/mol. The fourth-order valence-electron chi connectivity index (χ4n) is 4.39. The molecule has 3 rings (SSSR count). The quantitative estimate of drug-likeness (QED) is 0.717. The van der Waals surface area contributed by atoms with Crippen LogP contribution in [0, 0.1) is 11.8 Å². The summed E-state index contributed by atoms with van der Waals surface area (Å²) in [6.45, 7) is 8.82. The molecular weight excluding hydrogens is 372 g/mol. The SMILES string of the molecule is CC1CC(C)CN(CCNC(=O)CCCn2cnc3c2c(=O)n(C)c(=O)n3C)C1. The Labute approximate surface area is 170 Å². The third kappa shape index (κ3) is 4.77. The molecule has 0 bridgehead atoms. The lowest BCUT2D eigenvalue weighted by Gasteiger charge is -2.34. The van der Waals surface area contributed by atoms with Crippen LogP contribution in [0.4, 0.5) is 0 Å². The minimum atomic E-state index is -0.398. The van der Waals surface area contributed by atoms with Crippen molar-refractivity contribution >= 4 is 17.1 Å². The van der Waals surface area contributed by atoms with Crippen LogP contribution < -0.4 is 16.6 Å². The largest absolute Gasteiger partial charge is 0.355 e. The van der Waals surface area contributed by atoms with E-state index in [1.165, 1.54) is 18.0 Å². The number of aryl methyl sites for hydroxylation is 2. The fraction of sp³-hybridized carbons (Fsp3) is 0.700. The number of hydrogen-bond donors (Lipinski definition) is 1. The normalized spacial score (nSPS) is 20.3. The number of carbonyl (C=O) groups is 1. The van der Waals surface area contributed by atoms with E-state index in [-0.39, 0.29) is 11.5 Å². The van der Waals surface area contributed by atoms with Crippen LogP contribution in [-0.4, -0.2) is 55.7 Å². The Morgan fingerprint density at radius 3 is 2.52 bits per heavy atom. The van der Waals surface area contributed by atoms with Crippen LogP contribution in [0.1, 0.15) is 33.1 Å². The Kier molecular flexibility index (Phi) is 6.56. The lowest BCUT2D eigenvalue weighted by Crippen LogP contribution is -2.42.